The van der Waals surface area contributed by atoms with Crippen molar-refractivity contribution in [2.24, 2.45) is 0 Å². The number of thiophene rings is 1. The van der Waals surface area contributed by atoms with Gasteiger partial charge in [0, 0.05) is 29.7 Å². The number of fused-ring (bicyclic) bond motifs is 1. The van der Waals surface area contributed by atoms with E-state index in [-0.39, 0.29) is 11.9 Å². The molecule has 128 valence electrons. The van der Waals surface area contributed by atoms with E-state index in [1.165, 1.54) is 10.4 Å². The van der Waals surface area contributed by atoms with Crippen molar-refractivity contribution >= 4 is 22.9 Å². The molecule has 5 nitrogen and oxygen atoms in total. The predicted octanol–water partition coefficient (Wildman–Crippen LogP) is 3.15. The Hall–Kier alpha value is -2.21. The molecule has 0 spiro atoms. The molecule has 6 heteroatoms. The molecule has 0 bridgehead atoms. The van der Waals surface area contributed by atoms with Gasteiger partial charge in [0.2, 0.25) is 5.91 Å². The van der Waals surface area contributed by atoms with Gasteiger partial charge in [0.25, 0.3) is 0 Å². The molecule has 1 aromatic heterocycles. The molecule has 1 aliphatic heterocycles. The van der Waals surface area contributed by atoms with Crippen molar-refractivity contribution in [2.75, 3.05) is 26.1 Å². The minimum atomic E-state index is -0.303. The van der Waals surface area contributed by atoms with Crippen LogP contribution in [0.1, 0.15) is 17.4 Å². The van der Waals surface area contributed by atoms with E-state index in [9.17, 15) is 4.79 Å². The Morgan fingerprint density at radius 1 is 1.25 bits per heavy atom. The van der Waals surface area contributed by atoms with Crippen LogP contribution in [0, 0.1) is 0 Å². The molecule has 1 aliphatic rings. The Morgan fingerprint density at radius 3 is 2.79 bits per heavy atom. The fourth-order valence-corrected chi connectivity index (χ4v) is 3.84. The van der Waals surface area contributed by atoms with Gasteiger partial charge >= 0.3 is 0 Å². The van der Waals surface area contributed by atoms with Crippen LogP contribution in [-0.2, 0) is 17.8 Å². The summed E-state index contributed by atoms with van der Waals surface area (Å²) < 4.78 is 10.5. The van der Waals surface area contributed by atoms with E-state index >= 15 is 0 Å². The van der Waals surface area contributed by atoms with Crippen molar-refractivity contribution in [3.8, 4) is 11.5 Å². The SMILES string of the molecule is COc1ccc(NC(C)C(=O)N2CCc3sccc3C2)cc1OC. The molecule has 1 amide bonds. The molecule has 1 unspecified atom stereocenters. The monoisotopic (exact) mass is 346 g/mol. The number of rotatable bonds is 5. The van der Waals surface area contributed by atoms with E-state index in [4.69, 9.17) is 9.47 Å². The molecule has 1 N–H and O–H groups in total. The normalized spacial score (nSPS) is 14.7. The average Bonchev–Trinajstić information content (AvgIpc) is 3.08. The summed E-state index contributed by atoms with van der Waals surface area (Å²) in [4.78, 5) is 16.0. The summed E-state index contributed by atoms with van der Waals surface area (Å²) in [6.07, 6.45) is 0.946. The van der Waals surface area contributed by atoms with E-state index in [2.05, 4.69) is 16.8 Å². The molecule has 0 radical (unpaired) electrons. The van der Waals surface area contributed by atoms with Crippen LogP contribution in [0.25, 0.3) is 0 Å². The summed E-state index contributed by atoms with van der Waals surface area (Å²) in [5, 5.41) is 5.36. The molecule has 24 heavy (non-hydrogen) atoms. The standard InChI is InChI=1S/C18H22N2O3S/c1-12(19-14-4-5-15(22-2)16(10-14)23-3)18(21)20-8-6-17-13(11-20)7-9-24-17/h4-5,7,9-10,12,19H,6,8,11H2,1-3H3. The molecule has 1 atom stereocenters. The molecule has 2 aromatic rings. The van der Waals surface area contributed by atoms with Gasteiger partial charge in [-0.1, -0.05) is 0 Å². The smallest absolute Gasteiger partial charge is 0.245 e. The van der Waals surface area contributed by atoms with Crippen LogP contribution in [0.15, 0.2) is 29.6 Å². The predicted molar refractivity (Wildman–Crippen MR) is 96.1 cm³/mol. The Labute approximate surface area is 146 Å². The van der Waals surface area contributed by atoms with Crippen LogP contribution in [0.3, 0.4) is 0 Å². The Bertz CT molecular complexity index is 729. The van der Waals surface area contributed by atoms with Crippen molar-refractivity contribution in [1.82, 2.24) is 4.90 Å². The highest BCUT2D eigenvalue weighted by atomic mass is 32.1. The molecule has 0 saturated heterocycles. The highest BCUT2D eigenvalue weighted by Crippen LogP contribution is 2.30. The second kappa shape index (κ2) is 7.13. The van der Waals surface area contributed by atoms with E-state index in [1.807, 2.05) is 30.0 Å². The minimum Gasteiger partial charge on any atom is -0.493 e. The molecule has 0 saturated carbocycles. The first-order valence-electron chi connectivity index (χ1n) is 7.95. The first kappa shape index (κ1) is 16.6. The van der Waals surface area contributed by atoms with Gasteiger partial charge in [-0.3, -0.25) is 4.79 Å². The summed E-state index contributed by atoms with van der Waals surface area (Å²) in [5.41, 5.74) is 2.11. The number of nitrogens with one attached hydrogen (secondary N) is 1. The molecule has 2 heterocycles. The van der Waals surface area contributed by atoms with Crippen molar-refractivity contribution in [2.45, 2.75) is 25.9 Å². The lowest BCUT2D eigenvalue weighted by molar-refractivity contribution is -0.132. The number of hydrogen-bond acceptors (Lipinski definition) is 5. The van der Waals surface area contributed by atoms with Crippen LogP contribution >= 0.6 is 11.3 Å². The largest absolute Gasteiger partial charge is 0.493 e. The summed E-state index contributed by atoms with van der Waals surface area (Å²) in [5.74, 6) is 1.42. The number of nitrogens with zero attached hydrogens (tertiary/aromatic N) is 1. The van der Waals surface area contributed by atoms with E-state index in [1.54, 1.807) is 25.6 Å². The third kappa shape index (κ3) is 3.33. The number of anilines is 1. The maximum absolute atomic E-state index is 12.7. The van der Waals surface area contributed by atoms with Crippen molar-refractivity contribution in [3.63, 3.8) is 0 Å². The molecular weight excluding hydrogens is 324 g/mol. The van der Waals surface area contributed by atoms with Gasteiger partial charge in [0.1, 0.15) is 6.04 Å². The van der Waals surface area contributed by atoms with Crippen molar-refractivity contribution in [3.05, 3.63) is 40.1 Å². The van der Waals surface area contributed by atoms with Crippen molar-refractivity contribution in [1.29, 1.82) is 0 Å². The zero-order valence-electron chi connectivity index (χ0n) is 14.2. The van der Waals surface area contributed by atoms with Gasteiger partial charge in [0.15, 0.2) is 11.5 Å². The summed E-state index contributed by atoms with van der Waals surface area (Å²) in [6, 6.07) is 7.37. The van der Waals surface area contributed by atoms with Crippen LogP contribution in [0.2, 0.25) is 0 Å². The molecule has 3 rings (SSSR count). The lowest BCUT2D eigenvalue weighted by Gasteiger charge is -2.30. The van der Waals surface area contributed by atoms with E-state index < -0.39 is 0 Å². The fourth-order valence-electron chi connectivity index (χ4n) is 2.95. The lowest BCUT2D eigenvalue weighted by atomic mass is 10.1. The summed E-state index contributed by atoms with van der Waals surface area (Å²) in [7, 11) is 3.20. The number of carbonyl (C=O) groups excluding carboxylic acids is 1. The Morgan fingerprint density at radius 2 is 2.04 bits per heavy atom. The molecule has 0 aliphatic carbocycles. The second-order valence-corrected chi connectivity index (χ2v) is 6.82. The van der Waals surface area contributed by atoms with Crippen LogP contribution in [0.5, 0.6) is 11.5 Å². The number of amides is 1. The molecular formula is C18H22N2O3S. The highest BCUT2D eigenvalue weighted by molar-refractivity contribution is 7.10. The average molecular weight is 346 g/mol. The first-order chi connectivity index (χ1) is 11.6. The Kier molecular flexibility index (Phi) is 4.94. The molecule has 1 aromatic carbocycles. The van der Waals surface area contributed by atoms with Gasteiger partial charge in [0.05, 0.1) is 14.2 Å². The maximum atomic E-state index is 12.7. The van der Waals surface area contributed by atoms with E-state index in [0.29, 0.717) is 18.0 Å². The van der Waals surface area contributed by atoms with Gasteiger partial charge in [-0.25, -0.2) is 0 Å². The number of methoxy groups -OCH3 is 2. The zero-order valence-corrected chi connectivity index (χ0v) is 15.0. The number of carbonyl (C=O) groups is 1. The van der Waals surface area contributed by atoms with Crippen LogP contribution in [0.4, 0.5) is 5.69 Å². The minimum absolute atomic E-state index is 0.113. The summed E-state index contributed by atoms with van der Waals surface area (Å²) >= 11 is 1.78. The zero-order chi connectivity index (χ0) is 17.1. The molecule has 0 fully saturated rings. The summed E-state index contributed by atoms with van der Waals surface area (Å²) in [6.45, 7) is 3.38. The van der Waals surface area contributed by atoms with Gasteiger partial charge < -0.3 is 19.7 Å². The quantitative estimate of drug-likeness (QED) is 0.904. The van der Waals surface area contributed by atoms with Crippen LogP contribution < -0.4 is 14.8 Å². The number of benzene rings is 1. The third-order valence-corrected chi connectivity index (χ3v) is 5.28. The van der Waals surface area contributed by atoms with Gasteiger partial charge in [-0.05, 0) is 42.5 Å². The number of ether oxygens (including phenoxy) is 2. The van der Waals surface area contributed by atoms with Gasteiger partial charge in [-0.15, -0.1) is 11.3 Å². The second-order valence-electron chi connectivity index (χ2n) is 5.81. The number of hydrogen-bond donors (Lipinski definition) is 1. The maximum Gasteiger partial charge on any atom is 0.245 e. The highest BCUT2D eigenvalue weighted by Gasteiger charge is 2.25. The van der Waals surface area contributed by atoms with Crippen LogP contribution in [-0.4, -0.2) is 37.6 Å². The third-order valence-electron chi connectivity index (χ3n) is 4.26. The van der Waals surface area contributed by atoms with E-state index in [0.717, 1.165) is 18.7 Å². The van der Waals surface area contributed by atoms with Crippen molar-refractivity contribution < 1.29 is 14.3 Å². The van der Waals surface area contributed by atoms with Gasteiger partial charge in [-0.2, -0.15) is 0 Å². The Balaban J connectivity index is 1.66. The topological polar surface area (TPSA) is 50.8 Å². The fraction of sp³-hybridized carbons (Fsp3) is 0.389. The first-order valence-corrected chi connectivity index (χ1v) is 8.83. The lowest BCUT2D eigenvalue weighted by Crippen LogP contribution is -2.43.